The molecule has 1 unspecified atom stereocenters. The lowest BCUT2D eigenvalue weighted by molar-refractivity contribution is 0.237. The van der Waals surface area contributed by atoms with E-state index in [0.717, 1.165) is 24.2 Å². The Hall–Kier alpha value is -2.70. The molecule has 24 heavy (non-hydrogen) atoms. The van der Waals surface area contributed by atoms with E-state index < -0.39 is 6.04 Å². The van der Waals surface area contributed by atoms with Crippen LogP contribution in [-0.4, -0.2) is 35.8 Å². The molecule has 1 heterocycles. The summed E-state index contributed by atoms with van der Waals surface area (Å²) in [6.07, 6.45) is 5.63. The van der Waals surface area contributed by atoms with Gasteiger partial charge in [-0.15, -0.1) is 0 Å². The smallest absolute Gasteiger partial charge is 0.315 e. The van der Waals surface area contributed by atoms with Crippen LogP contribution in [0.4, 0.5) is 4.79 Å². The summed E-state index contributed by atoms with van der Waals surface area (Å²) in [5.41, 5.74) is 0.839. The molecule has 1 atom stereocenters. The van der Waals surface area contributed by atoms with Crippen LogP contribution in [0, 0.1) is 0 Å². The van der Waals surface area contributed by atoms with Crippen LogP contribution in [0.15, 0.2) is 30.6 Å². The van der Waals surface area contributed by atoms with Crippen molar-refractivity contribution < 1.29 is 14.3 Å². The molecule has 2 amide bonds. The fourth-order valence-electron chi connectivity index (χ4n) is 2.53. The molecule has 1 saturated carbocycles. The second kappa shape index (κ2) is 6.82. The van der Waals surface area contributed by atoms with Crippen molar-refractivity contribution in [3.05, 3.63) is 42.0 Å². The number of hydrogen-bond acceptors (Lipinski definition) is 4. The highest BCUT2D eigenvalue weighted by Gasteiger charge is 2.27. The number of urea groups is 1. The van der Waals surface area contributed by atoms with Crippen LogP contribution in [0.5, 0.6) is 11.5 Å². The monoisotopic (exact) mass is 330 g/mol. The molecular weight excluding hydrogens is 308 g/mol. The van der Waals surface area contributed by atoms with Crippen molar-refractivity contribution >= 4 is 6.03 Å². The quantitative estimate of drug-likeness (QED) is 0.849. The number of carbonyl (C=O) groups excluding carboxylic acids is 1. The van der Waals surface area contributed by atoms with Gasteiger partial charge in [0.15, 0.2) is 0 Å². The third kappa shape index (κ3) is 3.61. The molecule has 1 aromatic carbocycles. The number of imidazole rings is 1. The number of hydrogen-bond donors (Lipinski definition) is 2. The van der Waals surface area contributed by atoms with Gasteiger partial charge in [0.25, 0.3) is 0 Å². The Balaban J connectivity index is 1.94. The van der Waals surface area contributed by atoms with Crippen molar-refractivity contribution in [2.75, 3.05) is 14.2 Å². The molecular formula is C17H22N4O3. The van der Waals surface area contributed by atoms with E-state index in [1.165, 1.54) is 0 Å². The highest BCUT2D eigenvalue weighted by Crippen LogP contribution is 2.29. The number of methoxy groups -OCH3 is 2. The largest absolute Gasteiger partial charge is 0.497 e. The average Bonchev–Trinajstić information content (AvgIpc) is 3.30. The zero-order chi connectivity index (χ0) is 17.1. The Morgan fingerprint density at radius 2 is 1.92 bits per heavy atom. The number of ether oxygens (including phenoxy) is 2. The van der Waals surface area contributed by atoms with Crippen LogP contribution in [0.1, 0.15) is 30.3 Å². The zero-order valence-electron chi connectivity index (χ0n) is 14.1. The van der Waals surface area contributed by atoms with E-state index in [4.69, 9.17) is 9.47 Å². The average molecular weight is 330 g/mol. The third-order valence-corrected chi connectivity index (χ3v) is 4.01. The minimum Gasteiger partial charge on any atom is -0.497 e. The molecule has 2 aromatic rings. The summed E-state index contributed by atoms with van der Waals surface area (Å²) >= 11 is 0. The maximum Gasteiger partial charge on any atom is 0.315 e. The Bertz CT molecular complexity index is 702. The summed E-state index contributed by atoms with van der Waals surface area (Å²) in [4.78, 5) is 16.7. The highest BCUT2D eigenvalue weighted by molar-refractivity contribution is 5.75. The first-order chi connectivity index (χ1) is 11.6. The lowest BCUT2D eigenvalue weighted by atomic mass is 10.1. The molecule has 1 aromatic heterocycles. The predicted octanol–water partition coefficient (Wildman–Crippen LogP) is 1.99. The summed E-state index contributed by atoms with van der Waals surface area (Å²) < 4.78 is 12.6. The van der Waals surface area contributed by atoms with Gasteiger partial charge < -0.3 is 24.7 Å². The number of benzene rings is 1. The summed E-state index contributed by atoms with van der Waals surface area (Å²) in [7, 11) is 5.09. The van der Waals surface area contributed by atoms with Crippen LogP contribution in [0.2, 0.25) is 0 Å². The molecule has 1 aliphatic carbocycles. The van der Waals surface area contributed by atoms with E-state index in [1.807, 2.05) is 29.9 Å². The molecule has 0 spiro atoms. The van der Waals surface area contributed by atoms with Gasteiger partial charge in [0.2, 0.25) is 0 Å². The summed E-state index contributed by atoms with van der Waals surface area (Å²) in [6.45, 7) is 0. The normalized spacial score (nSPS) is 14.8. The molecule has 1 fully saturated rings. The Labute approximate surface area is 141 Å². The zero-order valence-corrected chi connectivity index (χ0v) is 14.1. The Morgan fingerprint density at radius 3 is 2.42 bits per heavy atom. The first kappa shape index (κ1) is 16.2. The predicted molar refractivity (Wildman–Crippen MR) is 89.3 cm³/mol. The van der Waals surface area contributed by atoms with Gasteiger partial charge in [0.1, 0.15) is 23.4 Å². The van der Waals surface area contributed by atoms with Crippen LogP contribution in [-0.2, 0) is 7.05 Å². The number of rotatable bonds is 6. The number of amides is 2. The maximum absolute atomic E-state index is 12.3. The molecule has 2 N–H and O–H groups in total. The number of aryl methyl sites for hydroxylation is 1. The molecule has 0 bridgehead atoms. The molecule has 128 valence electrons. The standard InChI is InChI=1S/C17H22N4O3/c1-21-7-6-18-16(21)15(20-17(22)19-12-4-5-12)11-8-13(23-2)10-14(9-11)24-3/h6-10,12,15H,4-5H2,1-3H3,(H2,19,20,22). The van der Waals surface area contributed by atoms with Crippen LogP contribution < -0.4 is 20.1 Å². The summed E-state index contributed by atoms with van der Waals surface area (Å²) in [5, 5.41) is 5.95. The number of aromatic nitrogens is 2. The van der Waals surface area contributed by atoms with Crippen molar-refractivity contribution in [3.63, 3.8) is 0 Å². The van der Waals surface area contributed by atoms with Gasteiger partial charge in [0, 0.05) is 31.5 Å². The van der Waals surface area contributed by atoms with Gasteiger partial charge in [-0.05, 0) is 30.5 Å². The van der Waals surface area contributed by atoms with E-state index in [1.54, 1.807) is 26.5 Å². The highest BCUT2D eigenvalue weighted by atomic mass is 16.5. The van der Waals surface area contributed by atoms with Crippen LogP contribution in [0.3, 0.4) is 0 Å². The van der Waals surface area contributed by atoms with Crippen LogP contribution >= 0.6 is 0 Å². The van der Waals surface area contributed by atoms with Crippen molar-refractivity contribution in [2.45, 2.75) is 24.9 Å². The van der Waals surface area contributed by atoms with Gasteiger partial charge in [-0.1, -0.05) is 0 Å². The topological polar surface area (TPSA) is 77.4 Å². The van der Waals surface area contributed by atoms with Crippen molar-refractivity contribution in [1.29, 1.82) is 0 Å². The van der Waals surface area contributed by atoms with Crippen molar-refractivity contribution in [3.8, 4) is 11.5 Å². The van der Waals surface area contributed by atoms with E-state index >= 15 is 0 Å². The van der Waals surface area contributed by atoms with Crippen molar-refractivity contribution in [1.82, 2.24) is 20.2 Å². The molecule has 0 radical (unpaired) electrons. The number of nitrogens with zero attached hydrogens (tertiary/aromatic N) is 2. The minimum atomic E-state index is -0.409. The lowest BCUT2D eigenvalue weighted by Gasteiger charge is -2.20. The van der Waals surface area contributed by atoms with Crippen LogP contribution in [0.25, 0.3) is 0 Å². The van der Waals surface area contributed by atoms with Gasteiger partial charge in [0.05, 0.1) is 14.2 Å². The third-order valence-electron chi connectivity index (χ3n) is 4.01. The summed E-state index contributed by atoms with van der Waals surface area (Å²) in [6, 6.07) is 5.22. The maximum atomic E-state index is 12.3. The number of carbonyl (C=O) groups is 1. The molecule has 7 heteroatoms. The van der Waals surface area contributed by atoms with Gasteiger partial charge in [-0.25, -0.2) is 9.78 Å². The van der Waals surface area contributed by atoms with E-state index in [9.17, 15) is 4.79 Å². The Morgan fingerprint density at radius 1 is 1.25 bits per heavy atom. The summed E-state index contributed by atoms with van der Waals surface area (Å²) in [5.74, 6) is 2.05. The minimum absolute atomic E-state index is 0.202. The fourth-order valence-corrected chi connectivity index (χ4v) is 2.53. The van der Waals surface area contributed by atoms with Gasteiger partial charge >= 0.3 is 6.03 Å². The van der Waals surface area contributed by atoms with Gasteiger partial charge in [-0.2, -0.15) is 0 Å². The number of nitrogens with one attached hydrogen (secondary N) is 2. The second-order valence-corrected chi connectivity index (χ2v) is 5.87. The second-order valence-electron chi connectivity index (χ2n) is 5.87. The molecule has 0 aliphatic heterocycles. The lowest BCUT2D eigenvalue weighted by Crippen LogP contribution is -2.40. The molecule has 1 aliphatic rings. The van der Waals surface area contributed by atoms with Crippen molar-refractivity contribution in [2.24, 2.45) is 7.05 Å². The van der Waals surface area contributed by atoms with Gasteiger partial charge in [-0.3, -0.25) is 0 Å². The molecule has 7 nitrogen and oxygen atoms in total. The van der Waals surface area contributed by atoms with E-state index in [-0.39, 0.29) is 12.1 Å². The van der Waals surface area contributed by atoms with E-state index in [0.29, 0.717) is 11.5 Å². The Kier molecular flexibility index (Phi) is 4.59. The molecule has 0 saturated heterocycles. The van der Waals surface area contributed by atoms with E-state index in [2.05, 4.69) is 15.6 Å². The first-order valence-electron chi connectivity index (χ1n) is 7.88. The first-order valence-corrected chi connectivity index (χ1v) is 7.88. The SMILES string of the molecule is COc1cc(OC)cc(C(NC(=O)NC2CC2)c2nccn2C)c1. The fraction of sp³-hybridized carbons (Fsp3) is 0.412. The molecule has 3 rings (SSSR count).